The number of aromatic nitrogens is 1. The molecular weight excluding hydrogens is 246 g/mol. The number of carbonyl (C=O) groups excluding carboxylic acids is 1. The molecule has 2 heterocycles. The number of nitrogens with one attached hydrogen (secondary N) is 1. The van der Waals surface area contributed by atoms with E-state index in [2.05, 4.69) is 10.3 Å². The zero-order valence-corrected chi connectivity index (χ0v) is 10.6. The van der Waals surface area contributed by atoms with E-state index in [0.717, 1.165) is 25.9 Å². The van der Waals surface area contributed by atoms with Gasteiger partial charge in [0.1, 0.15) is 0 Å². The van der Waals surface area contributed by atoms with Crippen LogP contribution in [-0.4, -0.2) is 46.5 Å². The monoisotopic (exact) mass is 263 g/mol. The lowest BCUT2D eigenvalue weighted by Crippen LogP contribution is -2.29. The molecule has 0 spiro atoms. The standard InChI is InChI=1S/C13H17N3O3/c17-12(16-7-1-2-8-16)4-6-15-11-9-14-5-3-10(11)13(18)19/h3,5,9,15H,1-2,4,6-8H2,(H,18,19). The molecule has 6 nitrogen and oxygen atoms in total. The van der Waals surface area contributed by atoms with Crippen LogP contribution in [-0.2, 0) is 4.79 Å². The second-order valence-electron chi connectivity index (χ2n) is 4.49. The Morgan fingerprint density at radius 2 is 2.11 bits per heavy atom. The van der Waals surface area contributed by atoms with Gasteiger partial charge in [0.2, 0.25) is 5.91 Å². The topological polar surface area (TPSA) is 82.5 Å². The number of rotatable bonds is 5. The molecule has 1 aromatic rings. The summed E-state index contributed by atoms with van der Waals surface area (Å²) < 4.78 is 0. The van der Waals surface area contributed by atoms with Crippen LogP contribution in [0.15, 0.2) is 18.5 Å². The summed E-state index contributed by atoms with van der Waals surface area (Å²) in [6, 6.07) is 1.44. The summed E-state index contributed by atoms with van der Waals surface area (Å²) in [5.41, 5.74) is 0.618. The van der Waals surface area contributed by atoms with Crippen molar-refractivity contribution in [1.29, 1.82) is 0 Å². The van der Waals surface area contributed by atoms with Crippen LogP contribution in [0.3, 0.4) is 0 Å². The average Bonchev–Trinajstić information content (AvgIpc) is 2.93. The van der Waals surface area contributed by atoms with Gasteiger partial charge in [-0.25, -0.2) is 4.79 Å². The molecule has 2 rings (SSSR count). The number of nitrogens with zero attached hydrogens (tertiary/aromatic N) is 2. The van der Waals surface area contributed by atoms with Crippen molar-refractivity contribution in [1.82, 2.24) is 9.88 Å². The van der Waals surface area contributed by atoms with Crippen LogP contribution in [0.1, 0.15) is 29.6 Å². The smallest absolute Gasteiger partial charge is 0.337 e. The molecule has 1 saturated heterocycles. The molecule has 1 amide bonds. The second kappa shape index (κ2) is 6.17. The number of pyridine rings is 1. The molecule has 0 atom stereocenters. The van der Waals surface area contributed by atoms with E-state index in [4.69, 9.17) is 5.11 Å². The third kappa shape index (κ3) is 3.43. The summed E-state index contributed by atoms with van der Waals surface area (Å²) in [5.74, 6) is -0.887. The number of carboxylic acid groups (broad SMARTS) is 1. The number of likely N-dealkylation sites (tertiary alicyclic amines) is 1. The number of hydrogen-bond donors (Lipinski definition) is 2. The molecule has 0 radical (unpaired) electrons. The molecular formula is C13H17N3O3. The van der Waals surface area contributed by atoms with Gasteiger partial charge in [-0.15, -0.1) is 0 Å². The van der Waals surface area contributed by atoms with E-state index >= 15 is 0 Å². The molecule has 0 unspecified atom stereocenters. The van der Waals surface area contributed by atoms with Crippen LogP contribution in [0.25, 0.3) is 0 Å². The van der Waals surface area contributed by atoms with Gasteiger partial charge in [-0.1, -0.05) is 0 Å². The van der Waals surface area contributed by atoms with Gasteiger partial charge in [0.15, 0.2) is 0 Å². The highest BCUT2D eigenvalue weighted by Crippen LogP contribution is 2.14. The van der Waals surface area contributed by atoms with Crippen molar-refractivity contribution in [3.8, 4) is 0 Å². The lowest BCUT2D eigenvalue weighted by Gasteiger charge is -2.15. The van der Waals surface area contributed by atoms with E-state index in [-0.39, 0.29) is 11.5 Å². The first-order chi connectivity index (χ1) is 9.18. The van der Waals surface area contributed by atoms with E-state index in [1.807, 2.05) is 4.90 Å². The van der Waals surface area contributed by atoms with E-state index in [1.165, 1.54) is 18.5 Å². The van der Waals surface area contributed by atoms with Crippen molar-refractivity contribution in [3.05, 3.63) is 24.0 Å². The normalized spacial score (nSPS) is 14.4. The zero-order valence-electron chi connectivity index (χ0n) is 10.6. The van der Waals surface area contributed by atoms with Crippen molar-refractivity contribution < 1.29 is 14.7 Å². The Morgan fingerprint density at radius 3 is 2.79 bits per heavy atom. The van der Waals surface area contributed by atoms with Crippen molar-refractivity contribution >= 4 is 17.6 Å². The number of aromatic carboxylic acids is 1. The SMILES string of the molecule is O=C(O)c1ccncc1NCCC(=O)N1CCCC1. The van der Waals surface area contributed by atoms with Gasteiger partial charge in [-0.05, 0) is 18.9 Å². The molecule has 0 bridgehead atoms. The van der Waals surface area contributed by atoms with Crippen molar-refractivity contribution in [2.45, 2.75) is 19.3 Å². The fraction of sp³-hybridized carbons (Fsp3) is 0.462. The minimum absolute atomic E-state index is 0.116. The molecule has 1 fully saturated rings. The van der Waals surface area contributed by atoms with Crippen LogP contribution in [0.2, 0.25) is 0 Å². The van der Waals surface area contributed by atoms with E-state index in [9.17, 15) is 9.59 Å². The molecule has 6 heteroatoms. The van der Waals surface area contributed by atoms with Crippen LogP contribution in [0.5, 0.6) is 0 Å². The van der Waals surface area contributed by atoms with Gasteiger partial charge < -0.3 is 15.3 Å². The summed E-state index contributed by atoms with van der Waals surface area (Å²) in [6.45, 7) is 2.10. The third-order valence-corrected chi connectivity index (χ3v) is 3.16. The Morgan fingerprint density at radius 1 is 1.37 bits per heavy atom. The van der Waals surface area contributed by atoms with Gasteiger partial charge in [-0.2, -0.15) is 0 Å². The van der Waals surface area contributed by atoms with Gasteiger partial charge in [0, 0.05) is 32.3 Å². The summed E-state index contributed by atoms with van der Waals surface area (Å²) >= 11 is 0. The van der Waals surface area contributed by atoms with E-state index in [1.54, 1.807) is 0 Å². The van der Waals surface area contributed by atoms with Crippen molar-refractivity contribution in [3.63, 3.8) is 0 Å². The molecule has 19 heavy (non-hydrogen) atoms. The van der Waals surface area contributed by atoms with E-state index < -0.39 is 5.97 Å². The predicted octanol–water partition coefficient (Wildman–Crippen LogP) is 1.20. The van der Waals surface area contributed by atoms with Crippen LogP contribution in [0.4, 0.5) is 5.69 Å². The number of amides is 1. The Kier molecular flexibility index (Phi) is 4.33. The molecule has 102 valence electrons. The number of hydrogen-bond acceptors (Lipinski definition) is 4. The molecule has 0 aromatic carbocycles. The maximum absolute atomic E-state index is 11.8. The fourth-order valence-electron chi connectivity index (χ4n) is 2.15. The first kappa shape index (κ1) is 13.3. The zero-order chi connectivity index (χ0) is 13.7. The fourth-order valence-corrected chi connectivity index (χ4v) is 2.15. The molecule has 0 saturated carbocycles. The Bertz CT molecular complexity index is 470. The number of carbonyl (C=O) groups is 2. The second-order valence-corrected chi connectivity index (χ2v) is 4.49. The highest BCUT2D eigenvalue weighted by atomic mass is 16.4. The molecule has 1 aliphatic heterocycles. The number of carboxylic acids is 1. The lowest BCUT2D eigenvalue weighted by molar-refractivity contribution is -0.129. The van der Waals surface area contributed by atoms with Crippen LogP contribution in [0, 0.1) is 0 Å². The third-order valence-electron chi connectivity index (χ3n) is 3.16. The molecule has 0 aliphatic carbocycles. The van der Waals surface area contributed by atoms with Crippen LogP contribution < -0.4 is 5.32 Å². The number of anilines is 1. The van der Waals surface area contributed by atoms with Gasteiger partial charge in [0.05, 0.1) is 17.4 Å². The Balaban J connectivity index is 1.85. The summed E-state index contributed by atoms with van der Waals surface area (Å²) in [7, 11) is 0. The van der Waals surface area contributed by atoms with Gasteiger partial charge >= 0.3 is 5.97 Å². The largest absolute Gasteiger partial charge is 0.478 e. The van der Waals surface area contributed by atoms with Crippen molar-refractivity contribution in [2.75, 3.05) is 25.0 Å². The van der Waals surface area contributed by atoms with Gasteiger partial charge in [-0.3, -0.25) is 9.78 Å². The maximum atomic E-state index is 11.8. The minimum atomic E-state index is -1.00. The quantitative estimate of drug-likeness (QED) is 0.834. The highest BCUT2D eigenvalue weighted by Gasteiger charge is 2.17. The lowest BCUT2D eigenvalue weighted by atomic mass is 10.2. The Labute approximate surface area is 111 Å². The molecule has 2 N–H and O–H groups in total. The maximum Gasteiger partial charge on any atom is 0.337 e. The average molecular weight is 263 g/mol. The van der Waals surface area contributed by atoms with Crippen molar-refractivity contribution in [2.24, 2.45) is 0 Å². The first-order valence-corrected chi connectivity index (χ1v) is 6.37. The molecule has 1 aliphatic rings. The summed E-state index contributed by atoms with van der Waals surface area (Å²) in [4.78, 5) is 28.5. The minimum Gasteiger partial charge on any atom is -0.478 e. The van der Waals surface area contributed by atoms with E-state index in [0.29, 0.717) is 18.7 Å². The highest BCUT2D eigenvalue weighted by molar-refractivity contribution is 5.93. The summed E-state index contributed by atoms with van der Waals surface area (Å²) in [6.07, 6.45) is 5.41. The van der Waals surface area contributed by atoms with Crippen LogP contribution >= 0.6 is 0 Å². The Hall–Kier alpha value is -2.11. The molecule has 1 aromatic heterocycles. The van der Waals surface area contributed by atoms with Gasteiger partial charge in [0.25, 0.3) is 0 Å². The summed E-state index contributed by atoms with van der Waals surface area (Å²) in [5, 5.41) is 12.0. The first-order valence-electron chi connectivity index (χ1n) is 6.37. The predicted molar refractivity (Wildman–Crippen MR) is 70.1 cm³/mol.